The molecule has 1 aromatic carbocycles. The zero-order valence-electron chi connectivity index (χ0n) is 12.2. The predicted molar refractivity (Wildman–Crippen MR) is 76.6 cm³/mol. The van der Waals surface area contributed by atoms with Crippen LogP contribution in [-0.2, 0) is 13.2 Å². The Morgan fingerprint density at radius 2 is 2.04 bits per heavy atom. The lowest BCUT2D eigenvalue weighted by molar-refractivity contribution is -0.137. The standard InChI is InChI=1S/C14H12F3N5O/c1-6-11(12(13(18)23)22(2)21-6)8-3-7(14(15,16)17)4-10-9(8)5-19-20-10/h3-5H,1-2H3,(H2,18,23)(H,19,20). The van der Waals surface area contributed by atoms with Crippen LogP contribution in [0, 0.1) is 6.92 Å². The molecular weight excluding hydrogens is 311 g/mol. The molecule has 23 heavy (non-hydrogen) atoms. The molecule has 0 spiro atoms. The molecule has 0 atom stereocenters. The summed E-state index contributed by atoms with van der Waals surface area (Å²) in [5, 5.41) is 10.9. The van der Waals surface area contributed by atoms with Crippen molar-refractivity contribution in [2.75, 3.05) is 0 Å². The summed E-state index contributed by atoms with van der Waals surface area (Å²) in [6.45, 7) is 1.61. The molecule has 0 bridgehead atoms. The van der Waals surface area contributed by atoms with E-state index in [4.69, 9.17) is 5.73 Å². The molecule has 0 unspecified atom stereocenters. The molecule has 0 aliphatic heterocycles. The Kier molecular flexibility index (Phi) is 3.17. The Balaban J connectivity index is 2.41. The van der Waals surface area contributed by atoms with E-state index in [1.54, 1.807) is 6.92 Å². The van der Waals surface area contributed by atoms with Crippen molar-refractivity contribution in [2.45, 2.75) is 13.1 Å². The van der Waals surface area contributed by atoms with Crippen molar-refractivity contribution in [3.63, 3.8) is 0 Å². The topological polar surface area (TPSA) is 89.6 Å². The maximum absolute atomic E-state index is 13.1. The maximum Gasteiger partial charge on any atom is 0.416 e. The summed E-state index contributed by atoms with van der Waals surface area (Å²) < 4.78 is 40.7. The molecule has 0 radical (unpaired) electrons. The van der Waals surface area contributed by atoms with Crippen molar-refractivity contribution in [3.05, 3.63) is 35.3 Å². The summed E-state index contributed by atoms with van der Waals surface area (Å²) in [7, 11) is 1.51. The number of carbonyl (C=O) groups is 1. The molecule has 0 aliphatic rings. The zero-order valence-corrected chi connectivity index (χ0v) is 12.2. The number of hydrogen-bond acceptors (Lipinski definition) is 3. The molecule has 3 rings (SSSR count). The van der Waals surface area contributed by atoms with Crippen LogP contribution in [0.5, 0.6) is 0 Å². The molecule has 3 aromatic rings. The van der Waals surface area contributed by atoms with Crippen LogP contribution in [-0.4, -0.2) is 25.9 Å². The van der Waals surface area contributed by atoms with Crippen LogP contribution >= 0.6 is 0 Å². The lowest BCUT2D eigenvalue weighted by Gasteiger charge is -2.11. The largest absolute Gasteiger partial charge is 0.416 e. The van der Waals surface area contributed by atoms with Gasteiger partial charge in [0.1, 0.15) is 5.69 Å². The Bertz CT molecular complexity index is 923. The van der Waals surface area contributed by atoms with Gasteiger partial charge in [0, 0.05) is 18.0 Å². The fraction of sp³-hybridized carbons (Fsp3) is 0.214. The molecule has 0 saturated carbocycles. The van der Waals surface area contributed by atoms with Crippen molar-refractivity contribution in [1.82, 2.24) is 20.0 Å². The molecule has 1 amide bonds. The van der Waals surface area contributed by atoms with Crippen LogP contribution in [0.15, 0.2) is 18.3 Å². The normalized spacial score (nSPS) is 12.0. The van der Waals surface area contributed by atoms with E-state index in [9.17, 15) is 18.0 Å². The Labute approximate surface area is 128 Å². The summed E-state index contributed by atoms with van der Waals surface area (Å²) in [6.07, 6.45) is -3.13. The lowest BCUT2D eigenvalue weighted by Crippen LogP contribution is -2.17. The van der Waals surface area contributed by atoms with E-state index in [1.165, 1.54) is 17.9 Å². The third-order valence-corrected chi connectivity index (χ3v) is 3.61. The minimum Gasteiger partial charge on any atom is -0.364 e. The van der Waals surface area contributed by atoms with Gasteiger partial charge in [0.25, 0.3) is 5.91 Å². The quantitative estimate of drug-likeness (QED) is 0.759. The molecular formula is C14H12F3N5O. The number of rotatable bonds is 2. The van der Waals surface area contributed by atoms with Gasteiger partial charge in [-0.1, -0.05) is 0 Å². The number of primary amides is 1. The second kappa shape index (κ2) is 4.83. The number of aromatic nitrogens is 4. The molecule has 3 N–H and O–H groups in total. The van der Waals surface area contributed by atoms with Gasteiger partial charge in [-0.15, -0.1) is 0 Å². The van der Waals surface area contributed by atoms with E-state index in [0.717, 1.165) is 12.1 Å². The third-order valence-electron chi connectivity index (χ3n) is 3.61. The predicted octanol–water partition coefficient (Wildman–Crippen LogP) is 2.39. The average molecular weight is 323 g/mol. The van der Waals surface area contributed by atoms with Gasteiger partial charge in [0.05, 0.1) is 23.0 Å². The SMILES string of the molecule is Cc1nn(C)c(C(N)=O)c1-c1cc(C(F)(F)F)cc2[nH]ncc12. The first-order valence-electron chi connectivity index (χ1n) is 6.58. The van der Waals surface area contributed by atoms with Gasteiger partial charge in [0.2, 0.25) is 0 Å². The number of nitrogens with two attached hydrogens (primary N) is 1. The monoisotopic (exact) mass is 323 g/mol. The van der Waals surface area contributed by atoms with E-state index in [-0.39, 0.29) is 22.3 Å². The van der Waals surface area contributed by atoms with Gasteiger partial charge in [-0.2, -0.15) is 23.4 Å². The van der Waals surface area contributed by atoms with Crippen LogP contribution in [0.25, 0.3) is 22.0 Å². The smallest absolute Gasteiger partial charge is 0.364 e. The second-order valence-electron chi connectivity index (χ2n) is 5.15. The third kappa shape index (κ3) is 2.33. The summed E-state index contributed by atoms with van der Waals surface area (Å²) in [5.41, 5.74) is 5.67. The van der Waals surface area contributed by atoms with Crippen molar-refractivity contribution in [3.8, 4) is 11.1 Å². The Morgan fingerprint density at radius 1 is 1.35 bits per heavy atom. The number of halogens is 3. The number of nitrogens with one attached hydrogen (secondary N) is 1. The molecule has 120 valence electrons. The van der Waals surface area contributed by atoms with Crippen molar-refractivity contribution in [2.24, 2.45) is 12.8 Å². The number of hydrogen-bond donors (Lipinski definition) is 2. The minimum atomic E-state index is -4.53. The molecule has 0 aliphatic carbocycles. The van der Waals surface area contributed by atoms with Crippen molar-refractivity contribution < 1.29 is 18.0 Å². The van der Waals surface area contributed by atoms with E-state index in [1.807, 2.05) is 0 Å². The fourth-order valence-corrected chi connectivity index (χ4v) is 2.68. The van der Waals surface area contributed by atoms with Crippen LogP contribution in [0.2, 0.25) is 0 Å². The number of amides is 1. The van der Waals surface area contributed by atoms with Gasteiger partial charge in [-0.05, 0) is 24.6 Å². The van der Waals surface area contributed by atoms with Crippen LogP contribution < -0.4 is 5.73 Å². The van der Waals surface area contributed by atoms with Gasteiger partial charge >= 0.3 is 6.18 Å². The molecule has 2 heterocycles. The molecule has 9 heteroatoms. The molecule has 0 fully saturated rings. The maximum atomic E-state index is 13.1. The van der Waals surface area contributed by atoms with E-state index in [2.05, 4.69) is 15.3 Å². The highest BCUT2D eigenvalue weighted by Gasteiger charge is 2.33. The highest BCUT2D eigenvalue weighted by molar-refractivity contribution is 6.04. The van der Waals surface area contributed by atoms with Crippen molar-refractivity contribution >= 4 is 16.8 Å². The number of fused-ring (bicyclic) bond motifs is 1. The first-order chi connectivity index (χ1) is 10.7. The van der Waals surface area contributed by atoms with Crippen LogP contribution in [0.4, 0.5) is 13.2 Å². The minimum absolute atomic E-state index is 0.0457. The first-order valence-corrected chi connectivity index (χ1v) is 6.58. The number of carbonyl (C=O) groups excluding carboxylic acids is 1. The number of benzene rings is 1. The van der Waals surface area contributed by atoms with E-state index < -0.39 is 17.6 Å². The number of H-pyrrole nitrogens is 1. The Morgan fingerprint density at radius 3 is 2.65 bits per heavy atom. The molecule has 2 aromatic heterocycles. The molecule has 6 nitrogen and oxygen atoms in total. The highest BCUT2D eigenvalue weighted by atomic mass is 19.4. The summed E-state index contributed by atoms with van der Waals surface area (Å²) >= 11 is 0. The number of nitrogens with zero attached hydrogens (tertiary/aromatic N) is 3. The van der Waals surface area contributed by atoms with Gasteiger partial charge in [-0.25, -0.2) is 0 Å². The summed E-state index contributed by atoms with van der Waals surface area (Å²) in [4.78, 5) is 11.7. The lowest BCUT2D eigenvalue weighted by atomic mass is 9.97. The number of alkyl halides is 3. The van der Waals surface area contributed by atoms with Gasteiger partial charge < -0.3 is 5.73 Å². The van der Waals surface area contributed by atoms with Crippen LogP contribution in [0.3, 0.4) is 0 Å². The molecule has 0 saturated heterocycles. The number of aromatic amines is 1. The average Bonchev–Trinajstić information content (AvgIpc) is 3.00. The van der Waals surface area contributed by atoms with Gasteiger partial charge in [0.15, 0.2) is 0 Å². The summed E-state index contributed by atoms with van der Waals surface area (Å²) in [5.74, 6) is -0.767. The van der Waals surface area contributed by atoms with E-state index in [0.29, 0.717) is 11.1 Å². The zero-order chi connectivity index (χ0) is 16.9. The highest BCUT2D eigenvalue weighted by Crippen LogP contribution is 2.38. The van der Waals surface area contributed by atoms with Gasteiger partial charge in [-0.3, -0.25) is 14.6 Å². The summed E-state index contributed by atoms with van der Waals surface area (Å²) in [6, 6.07) is 1.95. The Hall–Kier alpha value is -2.84. The first kappa shape index (κ1) is 15.1. The number of aryl methyl sites for hydroxylation is 2. The fourth-order valence-electron chi connectivity index (χ4n) is 2.68. The van der Waals surface area contributed by atoms with Crippen LogP contribution in [0.1, 0.15) is 21.7 Å². The second-order valence-corrected chi connectivity index (χ2v) is 5.15. The van der Waals surface area contributed by atoms with Crippen molar-refractivity contribution in [1.29, 1.82) is 0 Å². The van der Waals surface area contributed by atoms with E-state index >= 15 is 0 Å².